The molecule has 0 aliphatic heterocycles. The molecule has 0 aromatic carbocycles. The van der Waals surface area contributed by atoms with E-state index in [2.05, 4.69) is 6.58 Å². The molecule has 102 valence electrons. The van der Waals surface area contributed by atoms with E-state index in [0.29, 0.717) is 12.3 Å². The van der Waals surface area contributed by atoms with Gasteiger partial charge in [-0.15, -0.1) is 0 Å². The van der Waals surface area contributed by atoms with Crippen LogP contribution in [-0.4, -0.2) is 34.7 Å². The van der Waals surface area contributed by atoms with Crippen LogP contribution in [-0.2, 0) is 19.1 Å². The fourth-order valence-electron chi connectivity index (χ4n) is 1.14. The lowest BCUT2D eigenvalue weighted by Crippen LogP contribution is -2.24. The van der Waals surface area contributed by atoms with Gasteiger partial charge in [0.25, 0.3) is 0 Å². The van der Waals surface area contributed by atoms with Gasteiger partial charge in [-0.3, -0.25) is 9.59 Å². The first-order valence-corrected chi connectivity index (χ1v) is 5.56. The maximum absolute atomic E-state index is 11.3. The van der Waals surface area contributed by atoms with E-state index in [1.54, 1.807) is 0 Å². The van der Waals surface area contributed by atoms with Crippen LogP contribution in [0, 0.1) is 11.8 Å². The molecule has 2 N–H and O–H groups in total. The number of rotatable bonds is 8. The molecule has 18 heavy (non-hydrogen) atoms. The summed E-state index contributed by atoms with van der Waals surface area (Å²) in [5.74, 6) is -4.65. The normalized spacial score (nSPS) is 11.9. The van der Waals surface area contributed by atoms with Crippen LogP contribution in [0.1, 0.15) is 26.7 Å². The minimum absolute atomic E-state index is 0.197. The van der Waals surface area contributed by atoms with Crippen molar-refractivity contribution in [2.75, 3.05) is 6.61 Å². The van der Waals surface area contributed by atoms with Crippen LogP contribution in [0.25, 0.3) is 0 Å². The summed E-state index contributed by atoms with van der Waals surface area (Å²) in [6, 6.07) is 0. The minimum atomic E-state index is -1.45. The fourth-order valence-corrected chi connectivity index (χ4v) is 1.14. The van der Waals surface area contributed by atoms with Crippen molar-refractivity contribution < 1.29 is 29.3 Å². The van der Waals surface area contributed by atoms with Crippen molar-refractivity contribution in [2.24, 2.45) is 11.8 Å². The highest BCUT2D eigenvalue weighted by Crippen LogP contribution is 2.15. The quantitative estimate of drug-likeness (QED) is 0.503. The summed E-state index contributed by atoms with van der Waals surface area (Å²) in [5, 5.41) is 17.5. The molecule has 0 bridgehead atoms. The summed E-state index contributed by atoms with van der Waals surface area (Å²) in [6.45, 7) is 7.26. The van der Waals surface area contributed by atoms with Gasteiger partial charge in [-0.1, -0.05) is 20.4 Å². The number of esters is 1. The van der Waals surface area contributed by atoms with Gasteiger partial charge in [0, 0.05) is 5.57 Å². The van der Waals surface area contributed by atoms with Crippen molar-refractivity contribution in [1.82, 2.24) is 0 Å². The third kappa shape index (κ3) is 6.03. The molecule has 0 radical (unpaired) electrons. The molecule has 0 aliphatic carbocycles. The molecule has 0 rings (SSSR count). The minimum Gasteiger partial charge on any atom is -0.481 e. The van der Waals surface area contributed by atoms with Crippen LogP contribution >= 0.6 is 0 Å². The maximum atomic E-state index is 11.3. The van der Waals surface area contributed by atoms with Gasteiger partial charge in [0.1, 0.15) is 0 Å². The second kappa shape index (κ2) is 7.47. The van der Waals surface area contributed by atoms with E-state index < -0.39 is 35.8 Å². The van der Waals surface area contributed by atoms with Crippen LogP contribution in [0.2, 0.25) is 0 Å². The summed E-state index contributed by atoms with van der Waals surface area (Å²) in [7, 11) is 0. The van der Waals surface area contributed by atoms with Gasteiger partial charge >= 0.3 is 17.9 Å². The fraction of sp³-hybridized carbons (Fsp3) is 0.583. The van der Waals surface area contributed by atoms with Crippen molar-refractivity contribution in [3.05, 3.63) is 12.2 Å². The number of carbonyl (C=O) groups excluding carboxylic acids is 1. The first-order valence-electron chi connectivity index (χ1n) is 5.56. The average molecular weight is 258 g/mol. The lowest BCUT2D eigenvalue weighted by Gasteiger charge is -2.12. The highest BCUT2D eigenvalue weighted by atomic mass is 16.5. The Balaban J connectivity index is 4.34. The molecule has 0 aromatic heterocycles. The Morgan fingerprint density at radius 3 is 2.17 bits per heavy atom. The molecule has 0 saturated carbocycles. The van der Waals surface area contributed by atoms with Crippen molar-refractivity contribution in [3.8, 4) is 0 Å². The first-order chi connectivity index (χ1) is 8.25. The molecule has 1 atom stereocenters. The third-order valence-corrected chi connectivity index (χ3v) is 2.32. The molecule has 0 aliphatic rings. The number of carbonyl (C=O) groups is 3. The Morgan fingerprint density at radius 1 is 1.22 bits per heavy atom. The molecule has 0 heterocycles. The topological polar surface area (TPSA) is 101 Å². The second-order valence-electron chi connectivity index (χ2n) is 4.33. The van der Waals surface area contributed by atoms with Gasteiger partial charge in [-0.2, -0.15) is 0 Å². The highest BCUT2D eigenvalue weighted by molar-refractivity contribution is 5.95. The summed E-state index contributed by atoms with van der Waals surface area (Å²) in [4.78, 5) is 32.8. The van der Waals surface area contributed by atoms with E-state index in [1.807, 2.05) is 13.8 Å². The predicted molar refractivity (Wildman–Crippen MR) is 62.9 cm³/mol. The van der Waals surface area contributed by atoms with E-state index in [0.717, 1.165) is 0 Å². The van der Waals surface area contributed by atoms with Gasteiger partial charge in [0.15, 0.2) is 0 Å². The van der Waals surface area contributed by atoms with E-state index in [-0.39, 0.29) is 6.61 Å². The molecule has 0 fully saturated rings. The zero-order valence-electron chi connectivity index (χ0n) is 10.5. The number of aliphatic carboxylic acids is 2. The largest absolute Gasteiger partial charge is 0.481 e. The molecule has 0 saturated heterocycles. The van der Waals surface area contributed by atoms with Gasteiger partial charge in [-0.25, -0.2) is 4.79 Å². The van der Waals surface area contributed by atoms with Crippen LogP contribution in [0.5, 0.6) is 0 Å². The van der Waals surface area contributed by atoms with E-state index in [4.69, 9.17) is 14.9 Å². The van der Waals surface area contributed by atoms with Crippen LogP contribution in [0.15, 0.2) is 12.2 Å². The van der Waals surface area contributed by atoms with Gasteiger partial charge in [0.05, 0.1) is 18.9 Å². The smallest absolute Gasteiger partial charge is 0.331 e. The molecular formula is C12H18O6. The summed E-state index contributed by atoms with van der Waals surface area (Å²) < 4.78 is 4.83. The summed E-state index contributed by atoms with van der Waals surface area (Å²) >= 11 is 0. The Morgan fingerprint density at radius 2 is 1.78 bits per heavy atom. The molecular weight excluding hydrogens is 240 g/mol. The maximum Gasteiger partial charge on any atom is 0.331 e. The Bertz CT molecular complexity index is 344. The van der Waals surface area contributed by atoms with Gasteiger partial charge < -0.3 is 14.9 Å². The number of hydrogen-bond donors (Lipinski definition) is 2. The highest BCUT2D eigenvalue weighted by Gasteiger charge is 2.28. The second-order valence-corrected chi connectivity index (χ2v) is 4.33. The van der Waals surface area contributed by atoms with Gasteiger partial charge in [0.2, 0.25) is 0 Å². The molecule has 1 unspecified atom stereocenters. The van der Waals surface area contributed by atoms with E-state index in [1.165, 1.54) is 0 Å². The number of hydrogen-bond acceptors (Lipinski definition) is 4. The van der Waals surface area contributed by atoms with Crippen LogP contribution in [0.3, 0.4) is 0 Å². The number of ether oxygens (including phenoxy) is 1. The number of carboxylic acid groups (broad SMARTS) is 2. The Labute approximate surface area is 105 Å². The van der Waals surface area contributed by atoms with Gasteiger partial charge in [-0.05, 0) is 12.3 Å². The lowest BCUT2D eigenvalue weighted by molar-refractivity contribution is -0.151. The molecule has 0 aromatic rings. The number of carboxylic acids is 2. The zero-order chi connectivity index (χ0) is 14.3. The third-order valence-electron chi connectivity index (χ3n) is 2.32. The molecule has 0 amide bonds. The van der Waals surface area contributed by atoms with Crippen molar-refractivity contribution in [1.29, 1.82) is 0 Å². The molecule has 6 nitrogen and oxygen atoms in total. The first kappa shape index (κ1) is 16.1. The van der Waals surface area contributed by atoms with Crippen molar-refractivity contribution in [2.45, 2.75) is 26.7 Å². The van der Waals surface area contributed by atoms with E-state index >= 15 is 0 Å². The standard InChI is InChI=1S/C12H18O6/c1-7(2)4-5-18-10(13)6-9(12(16)17)8(3)11(14)15/h7,9H,3-6H2,1-2H3,(H,14,15)(H,16,17). The lowest BCUT2D eigenvalue weighted by atomic mass is 9.97. The molecule has 0 spiro atoms. The van der Waals surface area contributed by atoms with E-state index in [9.17, 15) is 14.4 Å². The predicted octanol–water partition coefficient (Wildman–Crippen LogP) is 1.31. The Hall–Kier alpha value is -1.85. The van der Waals surface area contributed by atoms with Crippen molar-refractivity contribution in [3.63, 3.8) is 0 Å². The van der Waals surface area contributed by atoms with Crippen LogP contribution < -0.4 is 0 Å². The van der Waals surface area contributed by atoms with Crippen LogP contribution in [0.4, 0.5) is 0 Å². The zero-order valence-corrected chi connectivity index (χ0v) is 10.5. The Kier molecular flexibility index (Phi) is 6.70. The summed E-state index contributed by atoms with van der Waals surface area (Å²) in [6.07, 6.45) is 0.155. The molecule has 6 heteroatoms. The monoisotopic (exact) mass is 258 g/mol. The summed E-state index contributed by atoms with van der Waals surface area (Å²) in [5.41, 5.74) is -0.525. The average Bonchev–Trinajstić information content (AvgIpc) is 2.23. The SMILES string of the molecule is C=C(C(=O)O)C(CC(=O)OCCC(C)C)C(=O)O. The van der Waals surface area contributed by atoms with Crippen molar-refractivity contribution >= 4 is 17.9 Å².